The van der Waals surface area contributed by atoms with Gasteiger partial charge >= 0.3 is 6.04 Å². The minimum absolute atomic E-state index is 0.314. The van der Waals surface area contributed by atoms with Gasteiger partial charge in [0.2, 0.25) is 0 Å². The van der Waals surface area contributed by atoms with Crippen LogP contribution in [-0.4, -0.2) is 15.8 Å². The Morgan fingerprint density at radius 2 is 1.39 bits per heavy atom. The standard InChI is InChI=1S/C28H20F2N2O/c29-23-12-14-24(15-13-23)32-25-16-11-21(17-22(25)18-31-32)26(19-7-3-1-4-8-19)27(28(30)33)20-9-5-2-6-10-20/h1-18,26-27H. The molecule has 0 aliphatic carbocycles. The molecule has 0 amide bonds. The summed E-state index contributed by atoms with van der Waals surface area (Å²) in [6.07, 6.45) is 1.72. The van der Waals surface area contributed by atoms with Crippen LogP contribution in [0.1, 0.15) is 28.5 Å². The van der Waals surface area contributed by atoms with Gasteiger partial charge in [-0.1, -0.05) is 66.7 Å². The maximum absolute atomic E-state index is 14.6. The van der Waals surface area contributed by atoms with Gasteiger partial charge in [-0.25, -0.2) is 9.07 Å². The predicted molar refractivity (Wildman–Crippen MR) is 125 cm³/mol. The molecule has 33 heavy (non-hydrogen) atoms. The number of carbonyl (C=O) groups is 1. The Hall–Kier alpha value is -4.12. The average Bonchev–Trinajstić information content (AvgIpc) is 3.27. The molecule has 2 atom stereocenters. The van der Waals surface area contributed by atoms with E-state index in [0.29, 0.717) is 5.56 Å². The van der Waals surface area contributed by atoms with E-state index in [-0.39, 0.29) is 5.82 Å². The molecule has 1 heterocycles. The Bertz CT molecular complexity index is 1400. The van der Waals surface area contributed by atoms with E-state index in [1.807, 2.05) is 66.7 Å². The van der Waals surface area contributed by atoms with Crippen molar-refractivity contribution in [2.24, 2.45) is 0 Å². The Labute approximate surface area is 189 Å². The molecule has 5 rings (SSSR count). The summed E-state index contributed by atoms with van der Waals surface area (Å²) in [5.74, 6) is -1.80. The lowest BCUT2D eigenvalue weighted by Crippen LogP contribution is -2.19. The summed E-state index contributed by atoms with van der Waals surface area (Å²) in [7, 11) is 0. The Balaban J connectivity index is 1.64. The smallest absolute Gasteiger partial charge is 0.260 e. The van der Waals surface area contributed by atoms with Crippen molar-refractivity contribution in [2.75, 3.05) is 0 Å². The van der Waals surface area contributed by atoms with Crippen molar-refractivity contribution in [3.8, 4) is 5.69 Å². The normalized spacial score (nSPS) is 13.0. The highest BCUT2D eigenvalue weighted by atomic mass is 19.1. The van der Waals surface area contributed by atoms with Crippen LogP contribution in [0.5, 0.6) is 0 Å². The highest BCUT2D eigenvalue weighted by Crippen LogP contribution is 2.40. The predicted octanol–water partition coefficient (Wildman–Crippen LogP) is 6.58. The fourth-order valence-electron chi connectivity index (χ4n) is 4.39. The van der Waals surface area contributed by atoms with Crippen molar-refractivity contribution in [1.29, 1.82) is 0 Å². The molecule has 0 N–H and O–H groups in total. The quantitative estimate of drug-likeness (QED) is 0.281. The first-order valence-corrected chi connectivity index (χ1v) is 10.6. The van der Waals surface area contributed by atoms with Gasteiger partial charge < -0.3 is 0 Å². The molecule has 0 fully saturated rings. The van der Waals surface area contributed by atoms with Crippen LogP contribution in [0.2, 0.25) is 0 Å². The molecule has 0 spiro atoms. The van der Waals surface area contributed by atoms with Crippen molar-refractivity contribution < 1.29 is 13.6 Å². The first-order valence-electron chi connectivity index (χ1n) is 10.6. The van der Waals surface area contributed by atoms with E-state index in [2.05, 4.69) is 5.10 Å². The van der Waals surface area contributed by atoms with E-state index < -0.39 is 17.9 Å². The minimum atomic E-state index is -1.38. The number of nitrogens with zero attached hydrogens (tertiary/aromatic N) is 2. The molecule has 3 nitrogen and oxygen atoms in total. The second-order valence-electron chi connectivity index (χ2n) is 7.93. The van der Waals surface area contributed by atoms with E-state index in [4.69, 9.17) is 0 Å². The molecule has 2 unspecified atom stereocenters. The summed E-state index contributed by atoms with van der Waals surface area (Å²) in [6, 6.07) is 29.0. The van der Waals surface area contributed by atoms with Gasteiger partial charge in [0.1, 0.15) is 5.82 Å². The van der Waals surface area contributed by atoms with Crippen molar-refractivity contribution in [2.45, 2.75) is 11.8 Å². The largest absolute Gasteiger partial charge is 0.309 e. The number of benzene rings is 4. The summed E-state index contributed by atoms with van der Waals surface area (Å²) in [4.78, 5) is 12.3. The molecular formula is C28H20F2N2O. The highest BCUT2D eigenvalue weighted by molar-refractivity contribution is 5.83. The van der Waals surface area contributed by atoms with Crippen LogP contribution in [0.25, 0.3) is 16.6 Å². The van der Waals surface area contributed by atoms with E-state index in [1.165, 1.54) is 12.1 Å². The monoisotopic (exact) mass is 438 g/mol. The van der Waals surface area contributed by atoms with E-state index in [9.17, 15) is 13.6 Å². The molecule has 5 heteroatoms. The molecule has 0 saturated heterocycles. The molecule has 162 valence electrons. The van der Waals surface area contributed by atoms with Gasteiger partial charge in [0.15, 0.2) is 0 Å². The Morgan fingerprint density at radius 3 is 2.03 bits per heavy atom. The summed E-state index contributed by atoms with van der Waals surface area (Å²) < 4.78 is 29.6. The highest BCUT2D eigenvalue weighted by Gasteiger charge is 2.33. The first kappa shape index (κ1) is 20.8. The number of hydrogen-bond donors (Lipinski definition) is 0. The molecular weight excluding hydrogens is 418 g/mol. The second kappa shape index (κ2) is 8.79. The maximum atomic E-state index is 14.6. The van der Waals surface area contributed by atoms with Crippen molar-refractivity contribution >= 4 is 16.9 Å². The lowest BCUT2D eigenvalue weighted by molar-refractivity contribution is -0.131. The lowest BCUT2D eigenvalue weighted by atomic mass is 9.77. The van der Waals surface area contributed by atoms with Crippen LogP contribution < -0.4 is 0 Å². The van der Waals surface area contributed by atoms with Gasteiger partial charge in [0.25, 0.3) is 0 Å². The van der Waals surface area contributed by atoms with Crippen LogP contribution in [-0.2, 0) is 4.79 Å². The third kappa shape index (κ3) is 4.05. The Morgan fingerprint density at radius 1 is 0.758 bits per heavy atom. The average molecular weight is 438 g/mol. The number of carbonyl (C=O) groups excluding carboxylic acids is 1. The van der Waals surface area contributed by atoms with E-state index in [0.717, 1.165) is 27.7 Å². The SMILES string of the molecule is O=C(F)C(c1ccccc1)C(c1ccccc1)c1ccc2c(cnn2-c2ccc(F)cc2)c1. The summed E-state index contributed by atoms with van der Waals surface area (Å²) in [5, 5.41) is 5.30. The summed E-state index contributed by atoms with van der Waals surface area (Å²) in [5.41, 5.74) is 3.86. The molecule has 5 aromatic rings. The summed E-state index contributed by atoms with van der Waals surface area (Å²) in [6.45, 7) is 0. The molecule has 1 aromatic heterocycles. The number of fused-ring (bicyclic) bond motifs is 1. The fourth-order valence-corrected chi connectivity index (χ4v) is 4.39. The number of halogens is 2. The lowest BCUT2D eigenvalue weighted by Gasteiger charge is -2.25. The zero-order chi connectivity index (χ0) is 22.8. The van der Waals surface area contributed by atoms with Crippen LogP contribution >= 0.6 is 0 Å². The van der Waals surface area contributed by atoms with Crippen LogP contribution in [0.15, 0.2) is 109 Å². The van der Waals surface area contributed by atoms with Crippen molar-refractivity contribution in [1.82, 2.24) is 9.78 Å². The van der Waals surface area contributed by atoms with Crippen molar-refractivity contribution in [3.63, 3.8) is 0 Å². The second-order valence-corrected chi connectivity index (χ2v) is 7.93. The van der Waals surface area contributed by atoms with Crippen LogP contribution in [0.4, 0.5) is 8.78 Å². The summed E-state index contributed by atoms with van der Waals surface area (Å²) >= 11 is 0. The van der Waals surface area contributed by atoms with E-state index >= 15 is 0 Å². The zero-order valence-corrected chi connectivity index (χ0v) is 17.6. The molecule has 0 saturated carbocycles. The third-order valence-electron chi connectivity index (χ3n) is 5.92. The minimum Gasteiger partial charge on any atom is -0.260 e. The van der Waals surface area contributed by atoms with Gasteiger partial charge in [-0.15, -0.1) is 0 Å². The number of rotatable bonds is 6. The molecule has 0 aliphatic heterocycles. The van der Waals surface area contributed by atoms with E-state index in [1.54, 1.807) is 35.1 Å². The molecule has 0 bridgehead atoms. The van der Waals surface area contributed by atoms with Crippen LogP contribution in [0, 0.1) is 5.82 Å². The van der Waals surface area contributed by atoms with Gasteiger partial charge in [0.05, 0.1) is 23.3 Å². The van der Waals surface area contributed by atoms with Crippen LogP contribution in [0.3, 0.4) is 0 Å². The topological polar surface area (TPSA) is 34.9 Å². The van der Waals surface area contributed by atoms with Gasteiger partial charge in [-0.05, 0) is 53.1 Å². The maximum Gasteiger partial charge on any atom is 0.309 e. The van der Waals surface area contributed by atoms with Crippen molar-refractivity contribution in [3.05, 3.63) is 132 Å². The molecule has 4 aromatic carbocycles. The molecule has 0 aliphatic rings. The molecule has 0 radical (unpaired) electrons. The van der Waals surface area contributed by atoms with Gasteiger partial charge in [-0.2, -0.15) is 9.49 Å². The Kier molecular flexibility index (Phi) is 5.53. The zero-order valence-electron chi connectivity index (χ0n) is 17.6. The fraction of sp³-hybridized carbons (Fsp3) is 0.0714. The number of aromatic nitrogens is 2. The first-order chi connectivity index (χ1) is 16.1. The number of hydrogen-bond acceptors (Lipinski definition) is 2. The third-order valence-corrected chi connectivity index (χ3v) is 5.92. The van der Waals surface area contributed by atoms with Gasteiger partial charge in [-0.3, -0.25) is 4.79 Å². The van der Waals surface area contributed by atoms with Gasteiger partial charge in [0, 0.05) is 11.3 Å².